The lowest BCUT2D eigenvalue weighted by Gasteiger charge is -2.33. The van der Waals surface area contributed by atoms with E-state index in [2.05, 4.69) is 29.3 Å². The van der Waals surface area contributed by atoms with E-state index in [4.69, 9.17) is 0 Å². The minimum atomic E-state index is -3.72. The van der Waals surface area contributed by atoms with Crippen molar-refractivity contribution in [2.45, 2.75) is 45.6 Å². The molecular weight excluding hydrogens is 460 g/mol. The van der Waals surface area contributed by atoms with Gasteiger partial charge in [-0.25, -0.2) is 17.2 Å². The smallest absolute Gasteiger partial charge is 0.232 e. The van der Waals surface area contributed by atoms with Crippen LogP contribution in [0.1, 0.15) is 51.1 Å². The predicted molar refractivity (Wildman–Crippen MR) is 131 cm³/mol. The number of nitrogens with one attached hydrogen (secondary N) is 1. The second-order valence-corrected chi connectivity index (χ2v) is 11.0. The van der Waals surface area contributed by atoms with Gasteiger partial charge in [0.15, 0.2) is 11.6 Å². The monoisotopic (exact) mass is 493 g/mol. The Hall–Kier alpha value is -2.68. The van der Waals surface area contributed by atoms with Crippen LogP contribution in [0.3, 0.4) is 0 Å². The zero-order valence-corrected chi connectivity index (χ0v) is 20.7. The van der Waals surface area contributed by atoms with E-state index >= 15 is 0 Å². The fourth-order valence-corrected chi connectivity index (χ4v) is 5.26. The molecule has 2 aromatic carbocycles. The molecule has 0 spiro atoms. The van der Waals surface area contributed by atoms with Crippen LogP contribution >= 0.6 is 0 Å². The normalized spacial score (nSPS) is 17.3. The molecule has 2 aromatic rings. The van der Waals surface area contributed by atoms with Gasteiger partial charge in [-0.1, -0.05) is 19.1 Å². The Morgan fingerprint density at radius 3 is 2.50 bits per heavy atom. The van der Waals surface area contributed by atoms with Crippen LogP contribution in [-0.2, 0) is 14.8 Å². The predicted octanol–water partition coefficient (Wildman–Crippen LogP) is 4.62. The molecule has 0 bridgehead atoms. The van der Waals surface area contributed by atoms with Gasteiger partial charge in [-0.05, 0) is 61.9 Å². The van der Waals surface area contributed by atoms with Crippen molar-refractivity contribution in [3.8, 4) is 0 Å². The SMILES string of the molecule is C[C@@H]1CCCN(c2ccc([C@H](C)NC(=O)CCCN(c3ccc(F)c(F)c3)S(C)(=O)=O)cc2)C1. The van der Waals surface area contributed by atoms with Crippen LogP contribution in [0.15, 0.2) is 42.5 Å². The third-order valence-corrected chi connectivity index (χ3v) is 7.34. The largest absolute Gasteiger partial charge is 0.371 e. The summed E-state index contributed by atoms with van der Waals surface area (Å²) >= 11 is 0. The number of sulfonamides is 1. The molecule has 0 aromatic heterocycles. The van der Waals surface area contributed by atoms with Gasteiger partial charge in [0, 0.05) is 37.8 Å². The Morgan fingerprint density at radius 1 is 1.18 bits per heavy atom. The summed E-state index contributed by atoms with van der Waals surface area (Å²) in [7, 11) is -3.72. The molecule has 3 rings (SSSR count). The van der Waals surface area contributed by atoms with E-state index in [9.17, 15) is 22.0 Å². The van der Waals surface area contributed by atoms with E-state index in [0.29, 0.717) is 5.92 Å². The molecule has 1 aliphatic heterocycles. The molecule has 1 amide bonds. The van der Waals surface area contributed by atoms with Crippen LogP contribution in [0.25, 0.3) is 0 Å². The van der Waals surface area contributed by atoms with E-state index in [1.54, 1.807) is 0 Å². The topological polar surface area (TPSA) is 69.7 Å². The van der Waals surface area contributed by atoms with Crippen LogP contribution in [-0.4, -0.2) is 40.2 Å². The molecule has 0 saturated carbocycles. The maximum Gasteiger partial charge on any atom is 0.232 e. The average molecular weight is 494 g/mol. The van der Waals surface area contributed by atoms with Crippen molar-refractivity contribution in [2.75, 3.05) is 35.1 Å². The van der Waals surface area contributed by atoms with Crippen molar-refractivity contribution >= 4 is 27.3 Å². The zero-order valence-electron chi connectivity index (χ0n) is 19.9. The summed E-state index contributed by atoms with van der Waals surface area (Å²) in [4.78, 5) is 14.8. The molecule has 9 heteroatoms. The number of rotatable bonds is 9. The maximum atomic E-state index is 13.6. The highest BCUT2D eigenvalue weighted by atomic mass is 32.2. The Kier molecular flexibility index (Phi) is 8.52. The molecule has 2 atom stereocenters. The summed E-state index contributed by atoms with van der Waals surface area (Å²) in [6.45, 7) is 6.27. The van der Waals surface area contributed by atoms with Gasteiger partial charge in [-0.15, -0.1) is 0 Å². The lowest BCUT2D eigenvalue weighted by molar-refractivity contribution is -0.121. The molecule has 1 aliphatic rings. The lowest BCUT2D eigenvalue weighted by atomic mass is 9.99. The van der Waals surface area contributed by atoms with E-state index in [0.717, 1.165) is 41.3 Å². The summed E-state index contributed by atoms with van der Waals surface area (Å²) in [6.07, 6.45) is 3.79. The molecule has 0 aliphatic carbocycles. The highest BCUT2D eigenvalue weighted by Crippen LogP contribution is 2.25. The molecule has 1 N–H and O–H groups in total. The summed E-state index contributed by atoms with van der Waals surface area (Å²) in [5.41, 5.74) is 2.20. The molecular formula is C25H33F2N3O3S. The van der Waals surface area contributed by atoms with Crippen molar-refractivity contribution in [3.05, 3.63) is 59.7 Å². The lowest BCUT2D eigenvalue weighted by Crippen LogP contribution is -2.34. The van der Waals surface area contributed by atoms with E-state index in [1.165, 1.54) is 24.6 Å². The van der Waals surface area contributed by atoms with Gasteiger partial charge in [0.05, 0.1) is 18.0 Å². The van der Waals surface area contributed by atoms with Gasteiger partial charge >= 0.3 is 0 Å². The molecule has 0 unspecified atom stereocenters. The first-order valence-electron chi connectivity index (χ1n) is 11.6. The third-order valence-electron chi connectivity index (χ3n) is 6.15. The van der Waals surface area contributed by atoms with Crippen molar-refractivity contribution in [2.24, 2.45) is 5.92 Å². The molecule has 186 valence electrons. The van der Waals surface area contributed by atoms with Crippen LogP contribution in [0.2, 0.25) is 0 Å². The number of hydrogen-bond donors (Lipinski definition) is 1. The van der Waals surface area contributed by atoms with E-state index in [1.807, 2.05) is 19.1 Å². The van der Waals surface area contributed by atoms with Crippen LogP contribution in [0.5, 0.6) is 0 Å². The van der Waals surface area contributed by atoms with Gasteiger partial charge in [0.2, 0.25) is 15.9 Å². The number of carbonyl (C=O) groups is 1. The molecule has 6 nitrogen and oxygen atoms in total. The first-order valence-corrected chi connectivity index (χ1v) is 13.5. The number of halogens is 2. The fraction of sp³-hybridized carbons (Fsp3) is 0.480. The number of nitrogens with zero attached hydrogens (tertiary/aromatic N) is 2. The molecule has 1 saturated heterocycles. The van der Waals surface area contributed by atoms with Crippen LogP contribution < -0.4 is 14.5 Å². The summed E-state index contributed by atoms with van der Waals surface area (Å²) in [5, 5.41) is 2.94. The third kappa shape index (κ3) is 6.91. The number of hydrogen-bond acceptors (Lipinski definition) is 4. The molecule has 34 heavy (non-hydrogen) atoms. The minimum Gasteiger partial charge on any atom is -0.371 e. The Balaban J connectivity index is 1.52. The minimum absolute atomic E-state index is 0.0192. The summed E-state index contributed by atoms with van der Waals surface area (Å²) < 4.78 is 52.0. The quantitative estimate of drug-likeness (QED) is 0.553. The van der Waals surface area contributed by atoms with Gasteiger partial charge in [0.25, 0.3) is 0 Å². The first kappa shape index (κ1) is 25.9. The Labute approximate surface area is 201 Å². The number of carbonyl (C=O) groups excluding carboxylic acids is 1. The van der Waals surface area contributed by atoms with E-state index in [-0.39, 0.29) is 37.0 Å². The van der Waals surface area contributed by atoms with E-state index < -0.39 is 21.7 Å². The molecule has 1 heterocycles. The van der Waals surface area contributed by atoms with Gasteiger partial charge < -0.3 is 10.2 Å². The maximum absolute atomic E-state index is 13.6. The summed E-state index contributed by atoms with van der Waals surface area (Å²) in [5.74, 6) is -1.70. The van der Waals surface area contributed by atoms with Gasteiger partial charge in [-0.3, -0.25) is 9.10 Å². The highest BCUT2D eigenvalue weighted by Gasteiger charge is 2.20. The number of piperidine rings is 1. The van der Waals surface area contributed by atoms with Crippen molar-refractivity contribution in [1.29, 1.82) is 0 Å². The van der Waals surface area contributed by atoms with Crippen LogP contribution in [0, 0.1) is 17.6 Å². The van der Waals surface area contributed by atoms with Gasteiger partial charge in [-0.2, -0.15) is 0 Å². The highest BCUT2D eigenvalue weighted by molar-refractivity contribution is 7.92. The first-order chi connectivity index (χ1) is 16.0. The second kappa shape index (κ2) is 11.2. The zero-order chi connectivity index (χ0) is 24.9. The van der Waals surface area contributed by atoms with Gasteiger partial charge in [0.1, 0.15) is 0 Å². The van der Waals surface area contributed by atoms with Crippen LogP contribution in [0.4, 0.5) is 20.2 Å². The Morgan fingerprint density at radius 2 is 1.88 bits per heavy atom. The second-order valence-electron chi connectivity index (χ2n) is 9.11. The molecule has 0 radical (unpaired) electrons. The number of benzene rings is 2. The summed E-state index contributed by atoms with van der Waals surface area (Å²) in [6, 6.07) is 10.9. The van der Waals surface area contributed by atoms with Crippen molar-refractivity contribution in [1.82, 2.24) is 5.32 Å². The average Bonchev–Trinajstić information content (AvgIpc) is 2.78. The standard InChI is InChI=1S/C25H33F2N3O3S/c1-18-6-4-14-29(17-18)21-10-8-20(9-11-21)19(2)28-25(31)7-5-15-30(34(3,32)33)22-12-13-23(26)24(27)16-22/h8-13,16,18-19H,4-7,14-15,17H2,1-3H3,(H,28,31)/t18-,19+/m1/s1. The van der Waals surface area contributed by atoms with Crippen molar-refractivity contribution in [3.63, 3.8) is 0 Å². The number of amides is 1. The fourth-order valence-electron chi connectivity index (χ4n) is 4.30. The Bertz CT molecular complexity index is 1090. The molecule has 1 fully saturated rings. The number of anilines is 2. The van der Waals surface area contributed by atoms with Crippen molar-refractivity contribution < 1.29 is 22.0 Å².